The summed E-state index contributed by atoms with van der Waals surface area (Å²) in [5, 5.41) is 16.3. The molecule has 0 heterocycles. The molecule has 8 heteroatoms. The molecule has 0 bridgehead atoms. The van der Waals surface area contributed by atoms with Gasteiger partial charge in [-0.2, -0.15) is 0 Å². The number of hydrogen-bond donors (Lipinski definition) is 3. The Kier molecular flexibility index (Phi) is 12.1. The van der Waals surface area contributed by atoms with Crippen molar-refractivity contribution in [3.05, 3.63) is 29.3 Å². The maximum Gasteiger partial charge on any atom is 0.341 e. The highest BCUT2D eigenvalue weighted by Crippen LogP contribution is 2.38. The second-order valence-corrected chi connectivity index (χ2v) is 7.61. The molecule has 1 aliphatic rings. The minimum Gasteiger partial charge on any atom is -0.496 e. The molecule has 2 rings (SSSR count). The fourth-order valence-corrected chi connectivity index (χ4v) is 3.95. The standard InChI is InChI=1S/C22H35N3O4.HI/c1-4-23-21(25-16-22(12-13-26)10-6-5-7-11-22)24-15-17-8-9-18(20(27)29-3)19(14-17)28-2;/h8-9,14,26H,4-7,10-13,15-16H2,1-3H3,(H2,23,24,25);1H. The number of carbonyl (C=O) groups excluding carboxylic acids is 1. The Morgan fingerprint density at radius 1 is 1.20 bits per heavy atom. The number of nitrogens with one attached hydrogen (secondary N) is 2. The molecule has 1 saturated carbocycles. The minimum atomic E-state index is -0.423. The monoisotopic (exact) mass is 533 g/mol. The zero-order chi connectivity index (χ0) is 21.1. The van der Waals surface area contributed by atoms with Crippen molar-refractivity contribution in [1.29, 1.82) is 0 Å². The first-order chi connectivity index (χ1) is 14.1. The summed E-state index contributed by atoms with van der Waals surface area (Å²) >= 11 is 0. The largest absolute Gasteiger partial charge is 0.496 e. The zero-order valence-corrected chi connectivity index (χ0v) is 20.7. The van der Waals surface area contributed by atoms with Crippen LogP contribution >= 0.6 is 24.0 Å². The molecular formula is C22H36IN3O4. The number of ether oxygens (including phenoxy) is 2. The van der Waals surface area contributed by atoms with Gasteiger partial charge in [0, 0.05) is 19.7 Å². The third kappa shape index (κ3) is 7.61. The summed E-state index contributed by atoms with van der Waals surface area (Å²) in [6, 6.07) is 5.37. The van der Waals surface area contributed by atoms with Crippen LogP contribution in [0.4, 0.5) is 0 Å². The number of halogens is 1. The molecule has 0 atom stereocenters. The van der Waals surface area contributed by atoms with Crippen LogP contribution in [0.2, 0.25) is 0 Å². The van der Waals surface area contributed by atoms with E-state index in [-0.39, 0.29) is 36.0 Å². The van der Waals surface area contributed by atoms with Crippen molar-refractivity contribution in [2.75, 3.05) is 33.9 Å². The van der Waals surface area contributed by atoms with Gasteiger partial charge in [0.15, 0.2) is 5.96 Å². The molecule has 0 radical (unpaired) electrons. The van der Waals surface area contributed by atoms with E-state index in [2.05, 4.69) is 15.6 Å². The third-order valence-electron chi connectivity index (χ3n) is 5.62. The van der Waals surface area contributed by atoms with Crippen molar-refractivity contribution < 1.29 is 19.4 Å². The fraction of sp³-hybridized carbons (Fsp3) is 0.636. The van der Waals surface area contributed by atoms with Crippen molar-refractivity contribution in [2.24, 2.45) is 10.4 Å². The normalized spacial score (nSPS) is 15.7. The molecule has 0 aromatic heterocycles. The number of hydrogen-bond acceptors (Lipinski definition) is 5. The second kappa shape index (κ2) is 13.7. The Labute approximate surface area is 197 Å². The van der Waals surface area contributed by atoms with Gasteiger partial charge in [-0.1, -0.05) is 25.3 Å². The molecule has 0 spiro atoms. The lowest BCUT2D eigenvalue weighted by Gasteiger charge is -2.37. The molecule has 1 aromatic rings. The summed E-state index contributed by atoms with van der Waals surface area (Å²) in [4.78, 5) is 16.5. The first-order valence-corrected chi connectivity index (χ1v) is 10.5. The maximum atomic E-state index is 11.8. The highest BCUT2D eigenvalue weighted by Gasteiger charge is 2.31. The maximum absolute atomic E-state index is 11.8. The van der Waals surface area contributed by atoms with Crippen LogP contribution in [0.1, 0.15) is 61.4 Å². The number of aliphatic hydroxyl groups excluding tert-OH is 1. The van der Waals surface area contributed by atoms with Crippen LogP contribution in [0.5, 0.6) is 5.75 Å². The first kappa shape index (κ1) is 26.5. The summed E-state index contributed by atoms with van der Waals surface area (Å²) in [7, 11) is 2.88. The smallest absolute Gasteiger partial charge is 0.341 e. The predicted octanol–water partition coefficient (Wildman–Crippen LogP) is 3.49. The van der Waals surface area contributed by atoms with E-state index in [0.717, 1.165) is 43.9 Å². The number of rotatable bonds is 9. The van der Waals surface area contributed by atoms with Crippen LogP contribution in [0.3, 0.4) is 0 Å². The Balaban J connectivity index is 0.00000450. The van der Waals surface area contributed by atoms with Gasteiger partial charge in [0.2, 0.25) is 0 Å². The van der Waals surface area contributed by atoms with E-state index in [1.807, 2.05) is 19.1 Å². The Morgan fingerprint density at radius 3 is 2.53 bits per heavy atom. The van der Waals surface area contributed by atoms with Gasteiger partial charge in [0.1, 0.15) is 11.3 Å². The van der Waals surface area contributed by atoms with Crippen LogP contribution in [0.15, 0.2) is 23.2 Å². The summed E-state index contributed by atoms with van der Waals surface area (Å²) in [5.41, 5.74) is 1.49. The first-order valence-electron chi connectivity index (χ1n) is 10.5. The van der Waals surface area contributed by atoms with E-state index >= 15 is 0 Å². The lowest BCUT2D eigenvalue weighted by molar-refractivity contribution is 0.0597. The highest BCUT2D eigenvalue weighted by atomic mass is 127. The van der Waals surface area contributed by atoms with Gasteiger partial charge >= 0.3 is 5.97 Å². The number of nitrogens with zero attached hydrogens (tertiary/aromatic N) is 1. The van der Waals surface area contributed by atoms with Crippen LogP contribution in [-0.4, -0.2) is 51.0 Å². The van der Waals surface area contributed by atoms with Crippen LogP contribution in [-0.2, 0) is 11.3 Å². The molecule has 30 heavy (non-hydrogen) atoms. The SMILES string of the molecule is CCNC(=NCc1ccc(C(=O)OC)c(OC)c1)NCC1(CCO)CCCCC1.I. The summed E-state index contributed by atoms with van der Waals surface area (Å²) in [5.74, 6) is 0.812. The van der Waals surface area contributed by atoms with Crippen molar-refractivity contribution in [3.63, 3.8) is 0 Å². The van der Waals surface area contributed by atoms with E-state index in [9.17, 15) is 9.90 Å². The molecule has 0 amide bonds. The van der Waals surface area contributed by atoms with Gasteiger partial charge < -0.3 is 25.2 Å². The fourth-order valence-electron chi connectivity index (χ4n) is 3.95. The second-order valence-electron chi connectivity index (χ2n) is 7.61. The molecule has 1 aromatic carbocycles. The average molecular weight is 533 g/mol. The van der Waals surface area contributed by atoms with Crippen molar-refractivity contribution in [3.8, 4) is 5.75 Å². The molecule has 3 N–H and O–H groups in total. The van der Waals surface area contributed by atoms with E-state index in [1.54, 1.807) is 6.07 Å². The minimum absolute atomic E-state index is 0. The van der Waals surface area contributed by atoms with Gasteiger partial charge in [-0.05, 0) is 49.3 Å². The predicted molar refractivity (Wildman–Crippen MR) is 130 cm³/mol. The Bertz CT molecular complexity index is 685. The van der Waals surface area contributed by atoms with Crippen LogP contribution < -0.4 is 15.4 Å². The molecule has 170 valence electrons. The van der Waals surface area contributed by atoms with Gasteiger partial charge in [-0.25, -0.2) is 9.79 Å². The topological polar surface area (TPSA) is 92.2 Å². The van der Waals surface area contributed by atoms with Crippen molar-refractivity contribution in [2.45, 2.75) is 52.0 Å². The Hall–Kier alpha value is -1.55. The molecule has 0 saturated heterocycles. The Morgan fingerprint density at radius 2 is 1.93 bits per heavy atom. The lowest BCUT2D eigenvalue weighted by Crippen LogP contribution is -2.44. The molecule has 1 aliphatic carbocycles. The average Bonchev–Trinajstić information content (AvgIpc) is 2.75. The molecule has 0 unspecified atom stereocenters. The number of carbonyl (C=O) groups is 1. The van der Waals surface area contributed by atoms with Crippen LogP contribution in [0, 0.1) is 5.41 Å². The van der Waals surface area contributed by atoms with Crippen molar-refractivity contribution >= 4 is 35.9 Å². The summed E-state index contributed by atoms with van der Waals surface area (Å²) in [6.45, 7) is 4.30. The quantitative estimate of drug-likeness (QED) is 0.195. The lowest BCUT2D eigenvalue weighted by atomic mass is 9.72. The van der Waals surface area contributed by atoms with E-state index in [1.165, 1.54) is 33.5 Å². The molecular weight excluding hydrogens is 497 g/mol. The number of methoxy groups -OCH3 is 2. The zero-order valence-electron chi connectivity index (χ0n) is 18.3. The van der Waals surface area contributed by atoms with E-state index in [4.69, 9.17) is 9.47 Å². The number of benzene rings is 1. The van der Waals surface area contributed by atoms with Gasteiger partial charge in [0.25, 0.3) is 0 Å². The summed E-state index contributed by atoms with van der Waals surface area (Å²) in [6.07, 6.45) is 6.85. The van der Waals surface area contributed by atoms with Gasteiger partial charge in [0.05, 0.1) is 20.8 Å². The summed E-state index contributed by atoms with van der Waals surface area (Å²) < 4.78 is 10.1. The third-order valence-corrected chi connectivity index (χ3v) is 5.62. The number of esters is 1. The molecule has 0 aliphatic heterocycles. The van der Waals surface area contributed by atoms with E-state index in [0.29, 0.717) is 17.9 Å². The molecule has 7 nitrogen and oxygen atoms in total. The van der Waals surface area contributed by atoms with Gasteiger partial charge in [-0.3, -0.25) is 0 Å². The number of guanidine groups is 1. The van der Waals surface area contributed by atoms with Crippen LogP contribution in [0.25, 0.3) is 0 Å². The van der Waals surface area contributed by atoms with E-state index < -0.39 is 5.97 Å². The van der Waals surface area contributed by atoms with Crippen molar-refractivity contribution in [1.82, 2.24) is 10.6 Å². The number of aliphatic imine (C=N–C) groups is 1. The number of aliphatic hydroxyl groups is 1. The van der Waals surface area contributed by atoms with Gasteiger partial charge in [-0.15, -0.1) is 24.0 Å². The highest BCUT2D eigenvalue weighted by molar-refractivity contribution is 14.0. The molecule has 1 fully saturated rings.